The van der Waals surface area contributed by atoms with Gasteiger partial charge in [0.1, 0.15) is 5.75 Å². The largest absolute Gasteiger partial charge is 0.495 e. The molecule has 1 N–H and O–H groups in total. The van der Waals surface area contributed by atoms with Gasteiger partial charge >= 0.3 is 0 Å². The Labute approximate surface area is 120 Å². The fourth-order valence-electron chi connectivity index (χ4n) is 2.59. The SMILES string of the molecule is COc1cc2c(cc1S(C)=O)N(Cc1cnc[nH]1)CC2. The molecule has 0 saturated heterocycles. The molecule has 1 atom stereocenters. The van der Waals surface area contributed by atoms with Gasteiger partial charge in [-0.05, 0) is 24.1 Å². The second-order valence-electron chi connectivity index (χ2n) is 4.83. The third-order valence-electron chi connectivity index (χ3n) is 3.58. The average molecular weight is 291 g/mol. The van der Waals surface area contributed by atoms with E-state index in [1.807, 2.05) is 18.3 Å². The van der Waals surface area contributed by atoms with Crippen molar-refractivity contribution in [1.82, 2.24) is 9.97 Å². The summed E-state index contributed by atoms with van der Waals surface area (Å²) < 4.78 is 17.2. The van der Waals surface area contributed by atoms with E-state index in [9.17, 15) is 4.21 Å². The predicted octanol–water partition coefficient (Wildman–Crippen LogP) is 1.72. The fraction of sp³-hybridized carbons (Fsp3) is 0.357. The van der Waals surface area contributed by atoms with E-state index in [1.54, 1.807) is 19.7 Å². The van der Waals surface area contributed by atoms with Gasteiger partial charge in [0, 0.05) is 24.7 Å². The van der Waals surface area contributed by atoms with Crippen LogP contribution in [-0.4, -0.2) is 34.1 Å². The normalized spacial score (nSPS) is 15.2. The summed E-state index contributed by atoms with van der Waals surface area (Å²) in [5, 5.41) is 0. The van der Waals surface area contributed by atoms with Gasteiger partial charge in [0.2, 0.25) is 0 Å². The molecule has 0 saturated carbocycles. The van der Waals surface area contributed by atoms with Gasteiger partial charge in [-0.2, -0.15) is 0 Å². The van der Waals surface area contributed by atoms with E-state index in [4.69, 9.17) is 4.74 Å². The highest BCUT2D eigenvalue weighted by Crippen LogP contribution is 2.36. The molecular formula is C14H17N3O2S. The lowest BCUT2D eigenvalue weighted by Gasteiger charge is -2.19. The van der Waals surface area contributed by atoms with Gasteiger partial charge in [-0.15, -0.1) is 0 Å². The molecule has 1 unspecified atom stereocenters. The number of ether oxygens (including phenoxy) is 1. The first-order chi connectivity index (χ1) is 9.69. The Balaban J connectivity index is 1.96. The summed E-state index contributed by atoms with van der Waals surface area (Å²) in [7, 11) is 0.562. The standard InChI is InChI=1S/C14H17N3O2S/c1-19-13-5-10-3-4-17(8-11-7-15-9-16-11)12(10)6-14(13)20(2)18/h5-7,9H,3-4,8H2,1-2H3,(H,15,16). The quantitative estimate of drug-likeness (QED) is 0.932. The van der Waals surface area contributed by atoms with E-state index in [1.165, 1.54) is 5.56 Å². The van der Waals surface area contributed by atoms with Crippen LogP contribution in [0.4, 0.5) is 5.69 Å². The van der Waals surface area contributed by atoms with Crippen molar-refractivity contribution in [1.29, 1.82) is 0 Å². The molecule has 0 aliphatic carbocycles. The monoisotopic (exact) mass is 291 g/mol. The first kappa shape index (κ1) is 13.2. The van der Waals surface area contributed by atoms with E-state index in [2.05, 4.69) is 14.9 Å². The zero-order valence-electron chi connectivity index (χ0n) is 11.5. The Morgan fingerprint density at radius 1 is 1.50 bits per heavy atom. The minimum Gasteiger partial charge on any atom is -0.495 e. The highest BCUT2D eigenvalue weighted by Gasteiger charge is 2.23. The number of benzene rings is 1. The molecule has 6 heteroatoms. The van der Waals surface area contributed by atoms with Crippen LogP contribution in [0.15, 0.2) is 29.6 Å². The lowest BCUT2D eigenvalue weighted by molar-refractivity contribution is 0.404. The molecule has 20 heavy (non-hydrogen) atoms. The first-order valence-corrected chi connectivity index (χ1v) is 8.01. The maximum Gasteiger partial charge on any atom is 0.135 e. The van der Waals surface area contributed by atoms with Crippen LogP contribution < -0.4 is 9.64 Å². The molecule has 1 aliphatic rings. The Kier molecular flexibility index (Phi) is 3.48. The van der Waals surface area contributed by atoms with Crippen molar-refractivity contribution in [2.45, 2.75) is 17.9 Å². The summed E-state index contributed by atoms with van der Waals surface area (Å²) in [6.45, 7) is 1.74. The van der Waals surface area contributed by atoms with Gasteiger partial charge in [0.25, 0.3) is 0 Å². The molecule has 0 spiro atoms. The number of nitrogens with zero attached hydrogens (tertiary/aromatic N) is 2. The maximum atomic E-state index is 11.8. The van der Waals surface area contributed by atoms with Crippen molar-refractivity contribution < 1.29 is 8.95 Å². The summed E-state index contributed by atoms with van der Waals surface area (Å²) in [5.41, 5.74) is 3.47. The number of aromatic amines is 1. The zero-order chi connectivity index (χ0) is 14.1. The van der Waals surface area contributed by atoms with E-state index in [0.717, 1.165) is 35.8 Å². The third kappa shape index (κ3) is 2.31. The molecule has 1 aromatic carbocycles. The number of imidazole rings is 1. The topological polar surface area (TPSA) is 58.2 Å². The van der Waals surface area contributed by atoms with E-state index < -0.39 is 10.8 Å². The highest BCUT2D eigenvalue weighted by molar-refractivity contribution is 7.84. The Hall–Kier alpha value is -1.82. The van der Waals surface area contributed by atoms with Crippen LogP contribution in [0.1, 0.15) is 11.3 Å². The molecule has 1 aliphatic heterocycles. The highest BCUT2D eigenvalue weighted by atomic mass is 32.2. The molecule has 0 fully saturated rings. The van der Waals surface area contributed by atoms with Crippen LogP contribution in [-0.2, 0) is 23.8 Å². The molecule has 1 aromatic heterocycles. The van der Waals surface area contributed by atoms with Crippen molar-refractivity contribution >= 4 is 16.5 Å². The lowest BCUT2D eigenvalue weighted by atomic mass is 10.1. The number of nitrogens with one attached hydrogen (secondary N) is 1. The minimum atomic E-state index is -1.06. The van der Waals surface area contributed by atoms with Crippen LogP contribution in [0.5, 0.6) is 5.75 Å². The van der Waals surface area contributed by atoms with E-state index in [0.29, 0.717) is 5.75 Å². The smallest absolute Gasteiger partial charge is 0.135 e. The number of anilines is 1. The number of aromatic nitrogens is 2. The van der Waals surface area contributed by atoms with Crippen molar-refractivity contribution in [3.8, 4) is 5.75 Å². The molecule has 0 radical (unpaired) electrons. The van der Waals surface area contributed by atoms with Crippen LogP contribution in [0.3, 0.4) is 0 Å². The molecular weight excluding hydrogens is 274 g/mol. The van der Waals surface area contributed by atoms with E-state index >= 15 is 0 Å². The molecule has 3 rings (SSSR count). The van der Waals surface area contributed by atoms with Crippen molar-refractivity contribution in [2.24, 2.45) is 0 Å². The second-order valence-corrected chi connectivity index (χ2v) is 6.18. The van der Waals surface area contributed by atoms with Crippen LogP contribution >= 0.6 is 0 Å². The van der Waals surface area contributed by atoms with Crippen molar-refractivity contribution in [3.05, 3.63) is 35.9 Å². The molecule has 2 aromatic rings. The molecule has 0 bridgehead atoms. The molecule has 0 amide bonds. The van der Waals surface area contributed by atoms with Gasteiger partial charge in [-0.1, -0.05) is 0 Å². The van der Waals surface area contributed by atoms with Gasteiger partial charge in [0.05, 0.1) is 41.4 Å². The molecule has 2 heterocycles. The average Bonchev–Trinajstić information content (AvgIpc) is 3.08. The van der Waals surface area contributed by atoms with Crippen molar-refractivity contribution in [2.75, 3.05) is 24.8 Å². The summed E-state index contributed by atoms with van der Waals surface area (Å²) in [6.07, 6.45) is 6.18. The Morgan fingerprint density at radius 2 is 2.35 bits per heavy atom. The summed E-state index contributed by atoms with van der Waals surface area (Å²) in [5.74, 6) is 0.716. The number of H-pyrrole nitrogens is 1. The number of methoxy groups -OCH3 is 1. The third-order valence-corrected chi connectivity index (χ3v) is 4.52. The van der Waals surface area contributed by atoms with Crippen LogP contribution in [0.25, 0.3) is 0 Å². The van der Waals surface area contributed by atoms with E-state index in [-0.39, 0.29) is 0 Å². The number of hydrogen-bond acceptors (Lipinski definition) is 4. The van der Waals surface area contributed by atoms with Gasteiger partial charge in [-0.3, -0.25) is 4.21 Å². The number of fused-ring (bicyclic) bond motifs is 1. The van der Waals surface area contributed by atoms with Crippen molar-refractivity contribution in [3.63, 3.8) is 0 Å². The number of rotatable bonds is 4. The summed E-state index contributed by atoms with van der Waals surface area (Å²) in [6, 6.07) is 4.01. The fourth-order valence-corrected chi connectivity index (χ4v) is 3.29. The number of hydrogen-bond donors (Lipinski definition) is 1. The minimum absolute atomic E-state index is 0.716. The molecule has 5 nitrogen and oxygen atoms in total. The van der Waals surface area contributed by atoms with Crippen LogP contribution in [0, 0.1) is 0 Å². The van der Waals surface area contributed by atoms with Gasteiger partial charge in [-0.25, -0.2) is 4.98 Å². The van der Waals surface area contributed by atoms with Gasteiger partial charge in [0.15, 0.2) is 0 Å². The summed E-state index contributed by atoms with van der Waals surface area (Å²) >= 11 is 0. The zero-order valence-corrected chi connectivity index (χ0v) is 12.4. The lowest BCUT2D eigenvalue weighted by Crippen LogP contribution is -2.20. The first-order valence-electron chi connectivity index (χ1n) is 6.45. The Bertz CT molecular complexity index is 640. The van der Waals surface area contributed by atoms with Crippen LogP contribution in [0.2, 0.25) is 0 Å². The Morgan fingerprint density at radius 3 is 3.00 bits per heavy atom. The second kappa shape index (κ2) is 5.28. The van der Waals surface area contributed by atoms with Gasteiger partial charge < -0.3 is 14.6 Å². The summed E-state index contributed by atoms with van der Waals surface area (Å²) in [4.78, 5) is 10.2. The maximum absolute atomic E-state index is 11.8. The predicted molar refractivity (Wildman–Crippen MR) is 78.7 cm³/mol. The molecule has 106 valence electrons.